The molecule has 0 spiro atoms. The zero-order valence-electron chi connectivity index (χ0n) is 17.7. The van der Waals surface area contributed by atoms with Gasteiger partial charge in [0.1, 0.15) is 18.1 Å². The van der Waals surface area contributed by atoms with Gasteiger partial charge in [-0.2, -0.15) is 13.2 Å². The maximum Gasteiger partial charge on any atom is 0.417 e. The number of rotatable bonds is 8. The van der Waals surface area contributed by atoms with E-state index >= 15 is 0 Å². The molecule has 0 unspecified atom stereocenters. The monoisotopic (exact) mass is 426 g/mol. The van der Waals surface area contributed by atoms with E-state index in [0.717, 1.165) is 24.4 Å². The van der Waals surface area contributed by atoms with Gasteiger partial charge in [-0.1, -0.05) is 20.8 Å². The van der Waals surface area contributed by atoms with Crippen molar-refractivity contribution in [2.45, 2.75) is 52.3 Å². The molecule has 0 atom stereocenters. The Balaban J connectivity index is 1.76. The molecule has 2 rings (SSSR count). The fourth-order valence-corrected chi connectivity index (χ4v) is 2.40. The minimum atomic E-state index is -4.38. The molecule has 0 aliphatic carbocycles. The van der Waals surface area contributed by atoms with Gasteiger partial charge in [-0.25, -0.2) is 15.0 Å². The summed E-state index contributed by atoms with van der Waals surface area (Å²) in [5.41, 5.74) is -0.867. The van der Waals surface area contributed by atoms with Crippen LogP contribution in [0, 0.1) is 0 Å². The molecule has 0 aliphatic heterocycles. The van der Waals surface area contributed by atoms with Gasteiger partial charge in [-0.3, -0.25) is 0 Å². The SMILES string of the molecule is CCNC(=NCc1ncc(C(C)(C)C)o1)NCCCNc1ccc(C(F)(F)F)cn1. The van der Waals surface area contributed by atoms with Gasteiger partial charge in [0.05, 0.1) is 11.8 Å². The lowest BCUT2D eigenvalue weighted by molar-refractivity contribution is -0.137. The molecule has 30 heavy (non-hydrogen) atoms. The van der Waals surface area contributed by atoms with Crippen molar-refractivity contribution in [3.63, 3.8) is 0 Å². The number of hydrogen-bond acceptors (Lipinski definition) is 5. The van der Waals surface area contributed by atoms with Crippen molar-refractivity contribution >= 4 is 11.8 Å². The summed E-state index contributed by atoms with van der Waals surface area (Å²) in [7, 11) is 0. The van der Waals surface area contributed by atoms with Gasteiger partial charge in [0.15, 0.2) is 5.96 Å². The summed E-state index contributed by atoms with van der Waals surface area (Å²) in [6.45, 7) is 10.3. The molecule has 0 aliphatic rings. The van der Waals surface area contributed by atoms with Gasteiger partial charge >= 0.3 is 6.18 Å². The first-order chi connectivity index (χ1) is 14.1. The molecule has 3 N–H and O–H groups in total. The van der Waals surface area contributed by atoms with Crippen LogP contribution in [-0.4, -0.2) is 35.6 Å². The van der Waals surface area contributed by atoms with Crippen LogP contribution in [-0.2, 0) is 18.1 Å². The minimum Gasteiger partial charge on any atom is -0.443 e. The van der Waals surface area contributed by atoms with Crippen molar-refractivity contribution in [1.29, 1.82) is 0 Å². The van der Waals surface area contributed by atoms with E-state index in [1.807, 2.05) is 6.92 Å². The van der Waals surface area contributed by atoms with Gasteiger partial charge in [-0.15, -0.1) is 0 Å². The van der Waals surface area contributed by atoms with Gasteiger partial charge in [-0.05, 0) is 25.5 Å². The van der Waals surface area contributed by atoms with Crippen molar-refractivity contribution in [3.05, 3.63) is 41.7 Å². The molecule has 0 amide bonds. The highest BCUT2D eigenvalue weighted by Crippen LogP contribution is 2.28. The third kappa shape index (κ3) is 7.57. The van der Waals surface area contributed by atoms with Crippen LogP contribution < -0.4 is 16.0 Å². The van der Waals surface area contributed by atoms with E-state index in [1.54, 1.807) is 6.20 Å². The largest absolute Gasteiger partial charge is 0.443 e. The summed E-state index contributed by atoms with van der Waals surface area (Å²) in [6.07, 6.45) is -1.10. The molecule has 166 valence electrons. The molecule has 0 saturated heterocycles. The summed E-state index contributed by atoms with van der Waals surface area (Å²) in [5, 5.41) is 9.35. The lowest BCUT2D eigenvalue weighted by Crippen LogP contribution is -2.38. The van der Waals surface area contributed by atoms with E-state index in [1.165, 1.54) is 6.07 Å². The Morgan fingerprint density at radius 1 is 1.07 bits per heavy atom. The summed E-state index contributed by atoms with van der Waals surface area (Å²) in [6, 6.07) is 2.33. The summed E-state index contributed by atoms with van der Waals surface area (Å²) < 4.78 is 43.4. The van der Waals surface area contributed by atoms with Crippen molar-refractivity contribution < 1.29 is 17.6 Å². The van der Waals surface area contributed by atoms with E-state index < -0.39 is 11.7 Å². The van der Waals surface area contributed by atoms with E-state index in [9.17, 15) is 13.2 Å². The molecule has 0 aromatic carbocycles. The smallest absolute Gasteiger partial charge is 0.417 e. The van der Waals surface area contributed by atoms with Gasteiger partial charge in [0.25, 0.3) is 0 Å². The quantitative estimate of drug-likeness (QED) is 0.337. The van der Waals surface area contributed by atoms with Gasteiger partial charge in [0, 0.05) is 31.2 Å². The maximum absolute atomic E-state index is 12.5. The number of alkyl halides is 3. The third-order valence-electron chi connectivity index (χ3n) is 4.05. The van der Waals surface area contributed by atoms with Crippen LogP contribution >= 0.6 is 0 Å². The van der Waals surface area contributed by atoms with Crippen LogP contribution in [0.3, 0.4) is 0 Å². The van der Waals surface area contributed by atoms with Crippen molar-refractivity contribution in [2.24, 2.45) is 4.99 Å². The molecule has 0 fully saturated rings. The molecular weight excluding hydrogens is 397 g/mol. The van der Waals surface area contributed by atoms with Crippen molar-refractivity contribution in [2.75, 3.05) is 25.0 Å². The zero-order chi connectivity index (χ0) is 22.2. The topological polar surface area (TPSA) is 87.4 Å². The van der Waals surface area contributed by atoms with E-state index in [4.69, 9.17) is 4.42 Å². The van der Waals surface area contributed by atoms with Crippen LogP contribution in [0.25, 0.3) is 0 Å². The second kappa shape index (κ2) is 10.3. The third-order valence-corrected chi connectivity index (χ3v) is 4.05. The number of oxazole rings is 1. The van der Waals surface area contributed by atoms with Crippen LogP contribution in [0.5, 0.6) is 0 Å². The molecule has 10 heteroatoms. The number of nitrogens with one attached hydrogen (secondary N) is 3. The molecular formula is C20H29F3N6O. The zero-order valence-corrected chi connectivity index (χ0v) is 17.7. The van der Waals surface area contributed by atoms with E-state index in [2.05, 4.69) is 51.7 Å². The second-order valence-corrected chi connectivity index (χ2v) is 7.70. The first-order valence-corrected chi connectivity index (χ1v) is 9.84. The lowest BCUT2D eigenvalue weighted by Gasteiger charge is -2.13. The predicted octanol–water partition coefficient (Wildman–Crippen LogP) is 3.94. The van der Waals surface area contributed by atoms with Crippen LogP contribution in [0.1, 0.15) is 51.3 Å². The average Bonchev–Trinajstić information content (AvgIpc) is 3.15. The highest BCUT2D eigenvalue weighted by atomic mass is 19.4. The Bertz CT molecular complexity index is 809. The van der Waals surface area contributed by atoms with Crippen LogP contribution in [0.4, 0.5) is 19.0 Å². The fourth-order valence-electron chi connectivity index (χ4n) is 2.40. The first kappa shape index (κ1) is 23.5. The Morgan fingerprint density at radius 3 is 2.40 bits per heavy atom. The number of aromatic nitrogens is 2. The molecule has 0 saturated carbocycles. The highest BCUT2D eigenvalue weighted by molar-refractivity contribution is 5.79. The molecule has 2 aromatic heterocycles. The summed E-state index contributed by atoms with van der Waals surface area (Å²) >= 11 is 0. The number of anilines is 1. The number of guanidine groups is 1. The number of hydrogen-bond donors (Lipinski definition) is 3. The number of aliphatic imine (C=N–C) groups is 1. The molecule has 7 nitrogen and oxygen atoms in total. The second-order valence-electron chi connectivity index (χ2n) is 7.70. The fraction of sp³-hybridized carbons (Fsp3) is 0.550. The Hall–Kier alpha value is -2.78. The average molecular weight is 426 g/mol. The van der Waals surface area contributed by atoms with Crippen LogP contribution in [0.15, 0.2) is 33.9 Å². The van der Waals surface area contributed by atoms with Crippen molar-refractivity contribution in [1.82, 2.24) is 20.6 Å². The molecule has 0 bridgehead atoms. The number of nitrogens with zero attached hydrogens (tertiary/aromatic N) is 3. The van der Waals surface area contributed by atoms with E-state index in [-0.39, 0.29) is 5.41 Å². The van der Waals surface area contributed by atoms with E-state index in [0.29, 0.717) is 43.8 Å². The Kier molecular flexibility index (Phi) is 8.08. The summed E-state index contributed by atoms with van der Waals surface area (Å²) in [5.74, 6) is 2.41. The lowest BCUT2D eigenvalue weighted by atomic mass is 9.94. The standard InChI is InChI=1S/C20H29F3N6O/c1-5-24-18(29-13-17-28-12-15(30-17)19(2,3)4)26-10-6-9-25-16-8-7-14(11-27-16)20(21,22)23/h7-8,11-12H,5-6,9-10,13H2,1-4H3,(H,25,27)(H2,24,26,29). The highest BCUT2D eigenvalue weighted by Gasteiger charge is 2.30. The minimum absolute atomic E-state index is 0.105. The number of pyridine rings is 1. The molecule has 2 aromatic rings. The normalized spacial score (nSPS) is 12.7. The van der Waals surface area contributed by atoms with Gasteiger partial charge in [0.2, 0.25) is 5.89 Å². The molecule has 0 radical (unpaired) electrons. The maximum atomic E-state index is 12.5. The first-order valence-electron chi connectivity index (χ1n) is 9.84. The Morgan fingerprint density at radius 2 is 1.83 bits per heavy atom. The Labute approximate surface area is 174 Å². The number of halogens is 3. The van der Waals surface area contributed by atoms with Crippen LogP contribution in [0.2, 0.25) is 0 Å². The van der Waals surface area contributed by atoms with Crippen molar-refractivity contribution in [3.8, 4) is 0 Å². The van der Waals surface area contributed by atoms with Gasteiger partial charge < -0.3 is 20.4 Å². The summed E-state index contributed by atoms with van der Waals surface area (Å²) in [4.78, 5) is 12.5. The predicted molar refractivity (Wildman–Crippen MR) is 110 cm³/mol. The molecule has 2 heterocycles.